The Morgan fingerprint density at radius 3 is 3.00 bits per heavy atom. The van der Waals surface area contributed by atoms with E-state index in [9.17, 15) is 5.11 Å². The second-order valence-corrected chi connectivity index (χ2v) is 6.91. The van der Waals surface area contributed by atoms with Crippen LogP contribution in [0, 0.1) is 12.8 Å². The molecule has 1 unspecified atom stereocenters. The molecular weight excluding hydrogens is 262 g/mol. The molecule has 3 nitrogen and oxygen atoms in total. The van der Waals surface area contributed by atoms with Gasteiger partial charge in [0.25, 0.3) is 0 Å². The third-order valence-corrected chi connectivity index (χ3v) is 6.03. The van der Waals surface area contributed by atoms with E-state index in [0.717, 1.165) is 25.1 Å². The summed E-state index contributed by atoms with van der Waals surface area (Å²) < 4.78 is 6.25. The van der Waals surface area contributed by atoms with Crippen molar-refractivity contribution in [3.8, 4) is 11.5 Å². The van der Waals surface area contributed by atoms with Crippen LogP contribution in [0.15, 0.2) is 24.3 Å². The lowest BCUT2D eigenvalue weighted by Crippen LogP contribution is -2.58. The van der Waals surface area contributed by atoms with Gasteiger partial charge in [-0.25, -0.2) is 0 Å². The third kappa shape index (κ3) is 1.53. The Bertz CT molecular complexity index is 624. The molecule has 4 atom stereocenters. The lowest BCUT2D eigenvalue weighted by molar-refractivity contribution is 0.0159. The summed E-state index contributed by atoms with van der Waals surface area (Å²) in [4.78, 5) is 2.44. The van der Waals surface area contributed by atoms with Crippen molar-refractivity contribution in [3.63, 3.8) is 0 Å². The number of hydrogen-bond donors (Lipinski definition) is 1. The van der Waals surface area contributed by atoms with E-state index in [1.807, 2.05) is 6.07 Å². The SMILES string of the molecule is Cc1ccc(O)c2c1[C@]13CCN(C)[C@H](C)[C@@H]1C=CCC3O2. The molecule has 112 valence electrons. The minimum atomic E-state index is 0.0405. The van der Waals surface area contributed by atoms with Gasteiger partial charge in [0, 0.05) is 29.4 Å². The number of ether oxygens (including phenoxy) is 1. The smallest absolute Gasteiger partial charge is 0.165 e. The standard InChI is InChI=1S/C18H23NO2/c1-11-7-8-14(20)17-16(11)18-9-10-19(3)12(2)13(18)5-4-6-15(18)21-17/h4-5,7-8,12-13,15,20H,6,9-10H2,1-3H3/t12-,13+,15?,18-/m1/s1. The highest BCUT2D eigenvalue weighted by Gasteiger charge is 2.58. The van der Waals surface area contributed by atoms with Crippen molar-refractivity contribution < 1.29 is 9.84 Å². The zero-order valence-electron chi connectivity index (χ0n) is 13.0. The fourth-order valence-corrected chi connectivity index (χ4v) is 4.82. The van der Waals surface area contributed by atoms with Crippen LogP contribution >= 0.6 is 0 Å². The van der Waals surface area contributed by atoms with Crippen molar-refractivity contribution in [2.24, 2.45) is 5.92 Å². The number of hydrogen-bond acceptors (Lipinski definition) is 3. The molecule has 0 bridgehead atoms. The average Bonchev–Trinajstić information content (AvgIpc) is 2.83. The van der Waals surface area contributed by atoms with Crippen molar-refractivity contribution >= 4 is 0 Å². The lowest BCUT2D eigenvalue weighted by Gasteiger charge is -2.52. The van der Waals surface area contributed by atoms with E-state index in [1.165, 1.54) is 11.1 Å². The number of benzene rings is 1. The molecule has 0 amide bonds. The molecule has 3 heteroatoms. The first-order chi connectivity index (χ1) is 10.1. The van der Waals surface area contributed by atoms with E-state index < -0.39 is 0 Å². The number of aryl methyl sites for hydroxylation is 1. The Hall–Kier alpha value is -1.48. The second kappa shape index (κ2) is 4.26. The summed E-state index contributed by atoms with van der Waals surface area (Å²) in [6.07, 6.45) is 6.87. The first-order valence-electron chi connectivity index (χ1n) is 7.92. The molecule has 1 aliphatic carbocycles. The van der Waals surface area contributed by atoms with Crippen LogP contribution in [0.2, 0.25) is 0 Å². The van der Waals surface area contributed by atoms with Crippen molar-refractivity contribution in [2.45, 2.75) is 44.2 Å². The number of fused-ring (bicyclic) bond motifs is 1. The van der Waals surface area contributed by atoms with Gasteiger partial charge < -0.3 is 14.7 Å². The summed E-state index contributed by atoms with van der Waals surface area (Å²) in [6.45, 7) is 5.55. The lowest BCUT2D eigenvalue weighted by atomic mass is 9.58. The van der Waals surface area contributed by atoms with Crippen LogP contribution in [-0.4, -0.2) is 35.7 Å². The number of likely N-dealkylation sites (tertiary alicyclic amines) is 1. The maximum Gasteiger partial charge on any atom is 0.165 e. The number of phenols is 1. The van der Waals surface area contributed by atoms with Gasteiger partial charge in [0.1, 0.15) is 6.10 Å². The quantitative estimate of drug-likeness (QED) is 0.744. The van der Waals surface area contributed by atoms with Crippen LogP contribution < -0.4 is 4.74 Å². The van der Waals surface area contributed by atoms with Crippen molar-refractivity contribution in [1.82, 2.24) is 4.90 Å². The zero-order chi connectivity index (χ0) is 14.8. The van der Waals surface area contributed by atoms with E-state index in [4.69, 9.17) is 4.74 Å². The molecule has 1 saturated heterocycles. The van der Waals surface area contributed by atoms with E-state index in [-0.39, 0.29) is 11.5 Å². The zero-order valence-corrected chi connectivity index (χ0v) is 13.0. The summed E-state index contributed by atoms with van der Waals surface area (Å²) in [5.74, 6) is 1.49. The highest BCUT2D eigenvalue weighted by molar-refractivity contribution is 5.59. The first kappa shape index (κ1) is 13.2. The maximum atomic E-state index is 10.3. The Morgan fingerprint density at radius 1 is 1.38 bits per heavy atom. The molecule has 4 rings (SSSR count). The first-order valence-corrected chi connectivity index (χ1v) is 7.92. The molecule has 1 aromatic carbocycles. The minimum Gasteiger partial charge on any atom is -0.504 e. The summed E-state index contributed by atoms with van der Waals surface area (Å²) in [7, 11) is 2.21. The summed E-state index contributed by atoms with van der Waals surface area (Å²) in [5, 5.41) is 10.3. The Morgan fingerprint density at radius 2 is 2.19 bits per heavy atom. The normalized spacial score (nSPS) is 37.6. The number of piperidine rings is 1. The van der Waals surface area contributed by atoms with Crippen LogP contribution in [-0.2, 0) is 5.41 Å². The number of nitrogens with zero attached hydrogens (tertiary/aromatic N) is 1. The molecule has 0 radical (unpaired) electrons. The molecule has 0 saturated carbocycles. The van der Waals surface area contributed by atoms with Crippen LogP contribution in [0.4, 0.5) is 0 Å². The van der Waals surface area contributed by atoms with Gasteiger partial charge in [0.05, 0.1) is 0 Å². The van der Waals surface area contributed by atoms with Gasteiger partial charge in [-0.2, -0.15) is 0 Å². The summed E-state index contributed by atoms with van der Waals surface area (Å²) >= 11 is 0. The third-order valence-electron chi connectivity index (χ3n) is 6.03. The Kier molecular flexibility index (Phi) is 2.68. The maximum absolute atomic E-state index is 10.3. The topological polar surface area (TPSA) is 32.7 Å². The predicted molar refractivity (Wildman–Crippen MR) is 82.9 cm³/mol. The van der Waals surface area contributed by atoms with Crippen LogP contribution in [0.5, 0.6) is 11.5 Å². The van der Waals surface area contributed by atoms with Gasteiger partial charge in [-0.1, -0.05) is 18.2 Å². The van der Waals surface area contributed by atoms with Gasteiger partial charge in [0.2, 0.25) is 0 Å². The van der Waals surface area contributed by atoms with Gasteiger partial charge >= 0.3 is 0 Å². The van der Waals surface area contributed by atoms with Gasteiger partial charge in [-0.05, 0) is 45.5 Å². The summed E-state index contributed by atoms with van der Waals surface area (Å²) in [5.41, 5.74) is 2.56. The van der Waals surface area contributed by atoms with E-state index >= 15 is 0 Å². The van der Waals surface area contributed by atoms with Gasteiger partial charge in [-0.3, -0.25) is 0 Å². The van der Waals surface area contributed by atoms with Crippen molar-refractivity contribution in [1.29, 1.82) is 0 Å². The average molecular weight is 285 g/mol. The Balaban J connectivity index is 1.95. The Labute approximate surface area is 126 Å². The number of phenolic OH excluding ortho intramolecular Hbond substituents is 1. The van der Waals surface area contributed by atoms with Gasteiger partial charge in [0.15, 0.2) is 11.5 Å². The number of rotatable bonds is 0. The molecule has 21 heavy (non-hydrogen) atoms. The molecule has 1 N–H and O–H groups in total. The molecule has 2 heterocycles. The molecule has 1 aromatic rings. The van der Waals surface area contributed by atoms with Gasteiger partial charge in [-0.15, -0.1) is 0 Å². The minimum absolute atomic E-state index is 0.0405. The van der Waals surface area contributed by atoms with Crippen LogP contribution in [0.1, 0.15) is 30.9 Å². The van der Waals surface area contributed by atoms with Crippen LogP contribution in [0.25, 0.3) is 0 Å². The molecular formula is C18H23NO2. The highest BCUT2D eigenvalue weighted by Crippen LogP contribution is 2.59. The molecule has 2 aliphatic heterocycles. The van der Waals surface area contributed by atoms with E-state index in [2.05, 4.69) is 37.9 Å². The fourth-order valence-electron chi connectivity index (χ4n) is 4.82. The molecule has 1 fully saturated rings. The monoisotopic (exact) mass is 285 g/mol. The van der Waals surface area contributed by atoms with E-state index in [1.54, 1.807) is 6.07 Å². The fraction of sp³-hybridized carbons (Fsp3) is 0.556. The van der Waals surface area contributed by atoms with Crippen molar-refractivity contribution in [2.75, 3.05) is 13.6 Å². The largest absolute Gasteiger partial charge is 0.504 e. The predicted octanol–water partition coefficient (Wildman–Crippen LogP) is 3.00. The van der Waals surface area contributed by atoms with E-state index in [0.29, 0.717) is 17.7 Å². The number of aromatic hydroxyl groups is 1. The molecule has 3 aliphatic rings. The molecule has 0 aromatic heterocycles. The summed E-state index contributed by atoms with van der Waals surface area (Å²) in [6, 6.07) is 4.30. The second-order valence-electron chi connectivity index (χ2n) is 6.91. The molecule has 1 spiro atoms. The van der Waals surface area contributed by atoms with Crippen LogP contribution in [0.3, 0.4) is 0 Å². The highest BCUT2D eigenvalue weighted by atomic mass is 16.5. The van der Waals surface area contributed by atoms with Crippen molar-refractivity contribution in [3.05, 3.63) is 35.4 Å².